The van der Waals surface area contributed by atoms with E-state index >= 15 is 0 Å². The number of aromatic nitrogens is 1. The van der Waals surface area contributed by atoms with Gasteiger partial charge in [0.15, 0.2) is 0 Å². The Labute approximate surface area is 116 Å². The fraction of sp³-hybridized carbons (Fsp3) is 0.500. The molecule has 1 aliphatic carbocycles. The first-order chi connectivity index (χ1) is 9.52. The molecule has 1 aliphatic rings. The number of carbonyl (C=O) groups is 2. The first-order valence-electron chi connectivity index (χ1n) is 6.74. The summed E-state index contributed by atoms with van der Waals surface area (Å²) in [5.74, 6) is -1.44. The van der Waals surface area contributed by atoms with Crippen molar-refractivity contribution in [3.05, 3.63) is 34.2 Å². The molecule has 6 heteroatoms. The van der Waals surface area contributed by atoms with E-state index in [2.05, 4.69) is 10.3 Å². The molecule has 1 saturated carbocycles. The van der Waals surface area contributed by atoms with Crippen molar-refractivity contribution in [3.63, 3.8) is 0 Å². The Hall–Kier alpha value is -2.11. The number of carboxylic acids is 1. The van der Waals surface area contributed by atoms with E-state index < -0.39 is 23.0 Å². The van der Waals surface area contributed by atoms with E-state index in [4.69, 9.17) is 5.11 Å². The minimum absolute atomic E-state index is 0.0165. The normalized spacial score (nSPS) is 17.4. The number of amides is 1. The van der Waals surface area contributed by atoms with Gasteiger partial charge in [-0.25, -0.2) is 0 Å². The summed E-state index contributed by atoms with van der Waals surface area (Å²) in [6, 6.07) is 3.01. The van der Waals surface area contributed by atoms with Crippen molar-refractivity contribution in [2.24, 2.45) is 0 Å². The van der Waals surface area contributed by atoms with Gasteiger partial charge in [-0.2, -0.15) is 0 Å². The second-order valence-electron chi connectivity index (χ2n) is 5.28. The monoisotopic (exact) mass is 278 g/mol. The Kier molecular flexibility index (Phi) is 4.22. The molecule has 0 saturated heterocycles. The van der Waals surface area contributed by atoms with Gasteiger partial charge in [-0.05, 0) is 25.0 Å². The predicted molar refractivity (Wildman–Crippen MR) is 72.6 cm³/mol. The molecular formula is C14H18N2O4. The molecule has 0 spiro atoms. The van der Waals surface area contributed by atoms with Crippen molar-refractivity contribution in [2.75, 3.05) is 0 Å². The third-order valence-corrected chi connectivity index (χ3v) is 3.74. The summed E-state index contributed by atoms with van der Waals surface area (Å²) in [7, 11) is 0. The van der Waals surface area contributed by atoms with Gasteiger partial charge in [-0.1, -0.05) is 19.3 Å². The van der Waals surface area contributed by atoms with Crippen LogP contribution in [0.3, 0.4) is 0 Å². The molecule has 1 heterocycles. The summed E-state index contributed by atoms with van der Waals surface area (Å²) >= 11 is 0. The largest absolute Gasteiger partial charge is 0.481 e. The third-order valence-electron chi connectivity index (χ3n) is 3.74. The molecule has 1 aromatic heterocycles. The van der Waals surface area contributed by atoms with Gasteiger partial charge in [-0.3, -0.25) is 14.4 Å². The lowest BCUT2D eigenvalue weighted by molar-refractivity contribution is -0.139. The van der Waals surface area contributed by atoms with E-state index in [0.717, 1.165) is 19.3 Å². The highest BCUT2D eigenvalue weighted by Gasteiger charge is 2.36. The summed E-state index contributed by atoms with van der Waals surface area (Å²) in [6.45, 7) is 0. The molecule has 1 aromatic rings. The SMILES string of the molecule is O=C(O)CC1(NC(=O)c2ccc[nH]c2=O)CCCCC1. The Morgan fingerprint density at radius 3 is 2.60 bits per heavy atom. The molecule has 1 amide bonds. The van der Waals surface area contributed by atoms with Gasteiger partial charge in [-0.15, -0.1) is 0 Å². The van der Waals surface area contributed by atoms with Crippen molar-refractivity contribution in [1.82, 2.24) is 10.3 Å². The van der Waals surface area contributed by atoms with Crippen molar-refractivity contribution in [2.45, 2.75) is 44.1 Å². The highest BCUT2D eigenvalue weighted by atomic mass is 16.4. The highest BCUT2D eigenvalue weighted by Crippen LogP contribution is 2.31. The van der Waals surface area contributed by atoms with E-state index in [1.165, 1.54) is 12.3 Å². The zero-order valence-corrected chi connectivity index (χ0v) is 11.1. The molecule has 0 radical (unpaired) electrons. The number of rotatable bonds is 4. The lowest BCUT2D eigenvalue weighted by Gasteiger charge is -2.36. The molecule has 2 rings (SSSR count). The van der Waals surface area contributed by atoms with Crippen molar-refractivity contribution in [1.29, 1.82) is 0 Å². The highest BCUT2D eigenvalue weighted by molar-refractivity contribution is 5.94. The average Bonchev–Trinajstić information content (AvgIpc) is 2.39. The molecule has 0 unspecified atom stereocenters. The second kappa shape index (κ2) is 5.90. The second-order valence-corrected chi connectivity index (χ2v) is 5.28. The van der Waals surface area contributed by atoms with E-state index in [9.17, 15) is 14.4 Å². The minimum atomic E-state index is -0.936. The molecule has 0 aromatic carbocycles. The summed E-state index contributed by atoms with van der Waals surface area (Å²) in [5, 5.41) is 11.8. The number of nitrogens with one attached hydrogen (secondary N) is 2. The Bertz CT molecular complexity index is 558. The molecular weight excluding hydrogens is 260 g/mol. The van der Waals surface area contributed by atoms with Gasteiger partial charge in [0.05, 0.1) is 12.0 Å². The number of aromatic amines is 1. The topological polar surface area (TPSA) is 99.3 Å². The number of H-pyrrole nitrogens is 1. The van der Waals surface area contributed by atoms with Crippen LogP contribution in [-0.2, 0) is 4.79 Å². The van der Waals surface area contributed by atoms with Crippen LogP contribution in [-0.4, -0.2) is 27.5 Å². The van der Waals surface area contributed by atoms with Crippen LogP contribution in [0.4, 0.5) is 0 Å². The van der Waals surface area contributed by atoms with E-state index in [-0.39, 0.29) is 12.0 Å². The first kappa shape index (κ1) is 14.3. The summed E-state index contributed by atoms with van der Waals surface area (Å²) < 4.78 is 0. The zero-order chi connectivity index (χ0) is 14.6. The lowest BCUT2D eigenvalue weighted by Crippen LogP contribution is -2.51. The fourth-order valence-electron chi connectivity index (χ4n) is 2.77. The van der Waals surface area contributed by atoms with Crippen LogP contribution in [0.2, 0.25) is 0 Å². The molecule has 0 aliphatic heterocycles. The van der Waals surface area contributed by atoms with Crippen LogP contribution in [0.25, 0.3) is 0 Å². The zero-order valence-electron chi connectivity index (χ0n) is 11.1. The Morgan fingerprint density at radius 1 is 1.30 bits per heavy atom. The number of carboxylic acid groups (broad SMARTS) is 1. The number of aliphatic carboxylic acids is 1. The predicted octanol–water partition coefficient (Wildman–Crippen LogP) is 1.28. The van der Waals surface area contributed by atoms with Gasteiger partial charge in [0.1, 0.15) is 5.56 Å². The van der Waals surface area contributed by atoms with Crippen molar-refractivity contribution >= 4 is 11.9 Å². The molecule has 108 valence electrons. The van der Waals surface area contributed by atoms with Gasteiger partial charge in [0.25, 0.3) is 11.5 Å². The van der Waals surface area contributed by atoms with Crippen LogP contribution in [0.1, 0.15) is 48.9 Å². The number of hydrogen-bond acceptors (Lipinski definition) is 3. The third kappa shape index (κ3) is 3.26. The van der Waals surface area contributed by atoms with Crippen LogP contribution < -0.4 is 10.9 Å². The number of carbonyl (C=O) groups excluding carboxylic acids is 1. The Balaban J connectivity index is 2.19. The maximum Gasteiger partial charge on any atom is 0.305 e. The van der Waals surface area contributed by atoms with Gasteiger partial charge in [0.2, 0.25) is 0 Å². The fourth-order valence-corrected chi connectivity index (χ4v) is 2.77. The van der Waals surface area contributed by atoms with Crippen molar-refractivity contribution < 1.29 is 14.7 Å². The van der Waals surface area contributed by atoms with Crippen LogP contribution in [0.15, 0.2) is 23.1 Å². The molecule has 1 fully saturated rings. The Morgan fingerprint density at radius 2 is 2.00 bits per heavy atom. The standard InChI is InChI=1S/C14H18N2O4/c17-11(18)9-14(6-2-1-3-7-14)16-13(20)10-5-4-8-15-12(10)19/h4-5,8H,1-3,6-7,9H2,(H,15,19)(H,16,20)(H,17,18). The number of pyridine rings is 1. The molecule has 3 N–H and O–H groups in total. The minimum Gasteiger partial charge on any atom is -0.481 e. The molecule has 6 nitrogen and oxygen atoms in total. The molecule has 20 heavy (non-hydrogen) atoms. The average molecular weight is 278 g/mol. The van der Waals surface area contributed by atoms with Crippen LogP contribution in [0.5, 0.6) is 0 Å². The van der Waals surface area contributed by atoms with E-state index in [0.29, 0.717) is 12.8 Å². The van der Waals surface area contributed by atoms with Gasteiger partial charge < -0.3 is 15.4 Å². The molecule has 0 atom stereocenters. The van der Waals surface area contributed by atoms with E-state index in [1.807, 2.05) is 0 Å². The van der Waals surface area contributed by atoms with Gasteiger partial charge in [0, 0.05) is 6.20 Å². The smallest absolute Gasteiger partial charge is 0.305 e. The summed E-state index contributed by atoms with van der Waals surface area (Å²) in [6.07, 6.45) is 5.43. The van der Waals surface area contributed by atoms with Crippen molar-refractivity contribution in [3.8, 4) is 0 Å². The van der Waals surface area contributed by atoms with Crippen LogP contribution in [0, 0.1) is 0 Å². The number of hydrogen-bond donors (Lipinski definition) is 3. The van der Waals surface area contributed by atoms with Crippen LogP contribution >= 0.6 is 0 Å². The summed E-state index contributed by atoms with van der Waals surface area (Å²) in [5.41, 5.74) is -1.18. The summed E-state index contributed by atoms with van der Waals surface area (Å²) in [4.78, 5) is 37.3. The maximum absolute atomic E-state index is 12.2. The lowest BCUT2D eigenvalue weighted by atomic mass is 9.79. The maximum atomic E-state index is 12.2. The van der Waals surface area contributed by atoms with E-state index in [1.54, 1.807) is 6.07 Å². The first-order valence-corrected chi connectivity index (χ1v) is 6.74. The van der Waals surface area contributed by atoms with Gasteiger partial charge >= 0.3 is 5.97 Å². The molecule has 0 bridgehead atoms. The quantitative estimate of drug-likeness (QED) is 0.772.